The molecule has 4 heteroatoms. The molecular weight excluding hydrogens is 286 g/mol. The molecule has 1 saturated carbocycles. The predicted molar refractivity (Wildman–Crippen MR) is 71.1 cm³/mol. The number of hydrogen-bond acceptors (Lipinski definition) is 2. The van der Waals surface area contributed by atoms with Crippen molar-refractivity contribution in [3.8, 4) is 0 Å². The van der Waals surface area contributed by atoms with Gasteiger partial charge < -0.3 is 4.90 Å². The highest BCUT2D eigenvalue weighted by Gasteiger charge is 2.33. The van der Waals surface area contributed by atoms with E-state index in [1.165, 1.54) is 12.8 Å². The fraction of sp³-hybridized carbons (Fsp3) is 0.583. The molecule has 2 nitrogen and oxygen atoms in total. The van der Waals surface area contributed by atoms with Crippen LogP contribution in [0, 0.1) is 6.92 Å². The quantitative estimate of drug-likeness (QED) is 0.827. The van der Waals surface area contributed by atoms with Crippen LogP contribution >= 0.6 is 27.3 Å². The number of hydrogen-bond donors (Lipinski definition) is 0. The van der Waals surface area contributed by atoms with Gasteiger partial charge >= 0.3 is 0 Å². The minimum Gasteiger partial charge on any atom is -0.335 e. The van der Waals surface area contributed by atoms with E-state index in [9.17, 15) is 4.79 Å². The molecule has 1 aliphatic carbocycles. The van der Waals surface area contributed by atoms with Gasteiger partial charge in [-0.1, -0.05) is 6.92 Å². The first-order valence-corrected chi connectivity index (χ1v) is 7.31. The summed E-state index contributed by atoms with van der Waals surface area (Å²) in [4.78, 5) is 15.2. The van der Waals surface area contributed by atoms with Crippen LogP contribution in [0.25, 0.3) is 0 Å². The molecule has 1 heterocycles. The van der Waals surface area contributed by atoms with Crippen LogP contribution in [0.3, 0.4) is 0 Å². The maximum atomic E-state index is 12.3. The van der Waals surface area contributed by atoms with E-state index in [1.807, 2.05) is 17.9 Å². The molecule has 1 aliphatic rings. The van der Waals surface area contributed by atoms with Gasteiger partial charge in [0.05, 0.1) is 8.66 Å². The Morgan fingerprint density at radius 1 is 1.62 bits per heavy atom. The number of rotatable bonds is 4. The second-order valence-electron chi connectivity index (χ2n) is 4.30. The summed E-state index contributed by atoms with van der Waals surface area (Å²) in [7, 11) is 0. The zero-order chi connectivity index (χ0) is 11.7. The highest BCUT2D eigenvalue weighted by Crippen LogP contribution is 2.32. The molecular formula is C12H16BrNOS. The summed E-state index contributed by atoms with van der Waals surface area (Å²) in [5.41, 5.74) is 1.15. The minimum atomic E-state index is 0.211. The number of carbonyl (C=O) groups excluding carboxylic acids is 1. The van der Waals surface area contributed by atoms with Gasteiger partial charge in [0.1, 0.15) is 0 Å². The molecule has 0 aliphatic heterocycles. The largest absolute Gasteiger partial charge is 0.335 e. The van der Waals surface area contributed by atoms with Crippen molar-refractivity contribution in [3.05, 3.63) is 20.3 Å². The molecule has 16 heavy (non-hydrogen) atoms. The molecule has 0 atom stereocenters. The van der Waals surface area contributed by atoms with E-state index in [-0.39, 0.29) is 5.91 Å². The average Bonchev–Trinajstić information content (AvgIpc) is 3.02. The van der Waals surface area contributed by atoms with Gasteiger partial charge in [0.25, 0.3) is 5.91 Å². The summed E-state index contributed by atoms with van der Waals surface area (Å²) >= 11 is 5.02. The van der Waals surface area contributed by atoms with Crippen LogP contribution in [0.2, 0.25) is 0 Å². The lowest BCUT2D eigenvalue weighted by Gasteiger charge is -2.20. The topological polar surface area (TPSA) is 20.3 Å². The standard InChI is InChI=1S/C12H16BrNOS/c1-3-6-14(9-4-5-9)12(15)10-7-8(2)11(13)16-10/h7,9H,3-6H2,1-2H3. The minimum absolute atomic E-state index is 0.211. The first kappa shape index (κ1) is 12.1. The van der Waals surface area contributed by atoms with Gasteiger partial charge in [-0.15, -0.1) is 11.3 Å². The van der Waals surface area contributed by atoms with Crippen LogP contribution in [0.5, 0.6) is 0 Å². The highest BCUT2D eigenvalue weighted by atomic mass is 79.9. The first-order chi connectivity index (χ1) is 7.63. The van der Waals surface area contributed by atoms with Crippen molar-refractivity contribution in [2.75, 3.05) is 6.54 Å². The summed E-state index contributed by atoms with van der Waals surface area (Å²) < 4.78 is 1.07. The van der Waals surface area contributed by atoms with Crippen molar-refractivity contribution < 1.29 is 4.79 Å². The number of halogens is 1. The molecule has 0 aromatic carbocycles. The molecule has 88 valence electrons. The van der Waals surface area contributed by atoms with Crippen molar-refractivity contribution in [2.24, 2.45) is 0 Å². The molecule has 0 saturated heterocycles. The predicted octanol–water partition coefficient (Wildman–Crippen LogP) is 3.83. The zero-order valence-corrected chi connectivity index (χ0v) is 12.0. The van der Waals surface area contributed by atoms with Crippen molar-refractivity contribution >= 4 is 33.2 Å². The van der Waals surface area contributed by atoms with Crippen LogP contribution in [0.15, 0.2) is 9.85 Å². The van der Waals surface area contributed by atoms with E-state index in [2.05, 4.69) is 22.9 Å². The van der Waals surface area contributed by atoms with Gasteiger partial charge in [0.15, 0.2) is 0 Å². The highest BCUT2D eigenvalue weighted by molar-refractivity contribution is 9.11. The molecule has 1 aromatic rings. The lowest BCUT2D eigenvalue weighted by molar-refractivity contribution is 0.0748. The Balaban J connectivity index is 2.15. The number of carbonyl (C=O) groups is 1. The Hall–Kier alpha value is -0.350. The van der Waals surface area contributed by atoms with Crippen molar-refractivity contribution in [3.63, 3.8) is 0 Å². The van der Waals surface area contributed by atoms with E-state index in [0.717, 1.165) is 27.2 Å². The first-order valence-electron chi connectivity index (χ1n) is 5.70. The molecule has 1 fully saturated rings. The van der Waals surface area contributed by atoms with Crippen LogP contribution < -0.4 is 0 Å². The monoisotopic (exact) mass is 301 g/mol. The van der Waals surface area contributed by atoms with E-state index >= 15 is 0 Å². The molecule has 0 unspecified atom stereocenters. The Morgan fingerprint density at radius 2 is 2.31 bits per heavy atom. The smallest absolute Gasteiger partial charge is 0.264 e. The number of thiophene rings is 1. The summed E-state index contributed by atoms with van der Waals surface area (Å²) in [6.45, 7) is 5.04. The maximum Gasteiger partial charge on any atom is 0.264 e. The van der Waals surface area contributed by atoms with E-state index in [4.69, 9.17) is 0 Å². The Bertz CT molecular complexity index is 378. The third kappa shape index (κ3) is 2.48. The summed E-state index contributed by atoms with van der Waals surface area (Å²) in [6.07, 6.45) is 3.39. The van der Waals surface area contributed by atoms with Crippen LogP contribution in [-0.4, -0.2) is 23.4 Å². The molecule has 0 N–H and O–H groups in total. The van der Waals surface area contributed by atoms with Gasteiger partial charge in [-0.05, 0) is 53.7 Å². The second-order valence-corrected chi connectivity index (χ2v) is 6.67. The van der Waals surface area contributed by atoms with E-state index in [0.29, 0.717) is 6.04 Å². The van der Waals surface area contributed by atoms with Crippen LogP contribution in [0.4, 0.5) is 0 Å². The summed E-state index contributed by atoms with van der Waals surface area (Å²) in [5, 5.41) is 0. The van der Waals surface area contributed by atoms with Crippen molar-refractivity contribution in [1.29, 1.82) is 0 Å². The number of aryl methyl sites for hydroxylation is 1. The molecule has 0 radical (unpaired) electrons. The number of amides is 1. The van der Waals surface area contributed by atoms with Gasteiger partial charge in [-0.2, -0.15) is 0 Å². The van der Waals surface area contributed by atoms with Gasteiger partial charge in [0.2, 0.25) is 0 Å². The fourth-order valence-electron chi connectivity index (χ4n) is 1.78. The fourth-order valence-corrected chi connectivity index (χ4v) is 3.27. The maximum absolute atomic E-state index is 12.3. The van der Waals surface area contributed by atoms with E-state index in [1.54, 1.807) is 11.3 Å². The lowest BCUT2D eigenvalue weighted by atomic mass is 10.3. The molecule has 1 amide bonds. The van der Waals surface area contributed by atoms with Gasteiger partial charge in [-0.3, -0.25) is 4.79 Å². The SMILES string of the molecule is CCCN(C(=O)c1cc(C)c(Br)s1)C1CC1. The number of nitrogens with zero attached hydrogens (tertiary/aromatic N) is 1. The molecule has 0 bridgehead atoms. The van der Waals surface area contributed by atoms with Crippen molar-refractivity contribution in [1.82, 2.24) is 4.90 Å². The normalized spacial score (nSPS) is 15.2. The summed E-state index contributed by atoms with van der Waals surface area (Å²) in [6, 6.07) is 2.50. The zero-order valence-electron chi connectivity index (χ0n) is 9.62. The Labute approximate surface area is 109 Å². The van der Waals surface area contributed by atoms with Gasteiger partial charge in [0, 0.05) is 12.6 Å². The van der Waals surface area contributed by atoms with Gasteiger partial charge in [-0.25, -0.2) is 0 Å². The van der Waals surface area contributed by atoms with Crippen molar-refractivity contribution in [2.45, 2.75) is 39.2 Å². The Morgan fingerprint density at radius 3 is 2.75 bits per heavy atom. The third-order valence-electron chi connectivity index (χ3n) is 2.78. The molecule has 1 aromatic heterocycles. The Kier molecular flexibility index (Phi) is 3.70. The van der Waals surface area contributed by atoms with Crippen LogP contribution in [0.1, 0.15) is 41.4 Å². The molecule has 0 spiro atoms. The summed E-state index contributed by atoms with van der Waals surface area (Å²) in [5.74, 6) is 0.211. The third-order valence-corrected chi connectivity index (χ3v) is 4.91. The lowest BCUT2D eigenvalue weighted by Crippen LogP contribution is -2.33. The van der Waals surface area contributed by atoms with E-state index < -0.39 is 0 Å². The van der Waals surface area contributed by atoms with Crippen LogP contribution in [-0.2, 0) is 0 Å². The average molecular weight is 302 g/mol. The molecule has 2 rings (SSSR count). The second kappa shape index (κ2) is 4.88.